The third-order valence-corrected chi connectivity index (χ3v) is 8.83. The number of ether oxygens (including phenoxy) is 3. The van der Waals surface area contributed by atoms with Crippen LogP contribution in [0.4, 0.5) is 5.82 Å². The van der Waals surface area contributed by atoms with Crippen LogP contribution in [-0.4, -0.2) is 42.8 Å². The van der Waals surface area contributed by atoms with Crippen LogP contribution in [0.1, 0.15) is 34.3 Å². The van der Waals surface area contributed by atoms with E-state index in [4.69, 9.17) is 19.9 Å². The zero-order valence-corrected chi connectivity index (χ0v) is 27.0. The number of aromatic nitrogens is 2. The Morgan fingerprint density at radius 3 is 2.23 bits per heavy atom. The number of hydrogen-bond donors (Lipinski definition) is 1. The fraction of sp³-hybridized carbons (Fsp3) is 0.256. The highest BCUT2D eigenvalue weighted by Gasteiger charge is 2.20. The van der Waals surface area contributed by atoms with Gasteiger partial charge in [-0.2, -0.15) is 0 Å². The van der Waals surface area contributed by atoms with Crippen molar-refractivity contribution in [1.29, 1.82) is 0 Å². The summed E-state index contributed by atoms with van der Waals surface area (Å²) in [5.74, 6) is 1.78. The predicted molar refractivity (Wildman–Crippen MR) is 185 cm³/mol. The Morgan fingerprint density at radius 1 is 0.851 bits per heavy atom. The van der Waals surface area contributed by atoms with E-state index in [1.165, 1.54) is 0 Å². The first kappa shape index (κ1) is 31.8. The number of rotatable bonds is 10. The van der Waals surface area contributed by atoms with Crippen LogP contribution >= 0.6 is 0 Å². The molecule has 0 aliphatic carbocycles. The molecule has 2 N–H and O–H groups in total. The third kappa shape index (κ3) is 7.13. The molecule has 8 nitrogen and oxygen atoms in total. The summed E-state index contributed by atoms with van der Waals surface area (Å²) in [6, 6.07) is 25.2. The minimum atomic E-state index is -0.250. The molecule has 47 heavy (non-hydrogen) atoms. The lowest BCUT2D eigenvalue weighted by molar-refractivity contribution is 0.0609. The maximum absolute atomic E-state index is 13.7. The second-order valence-electron chi connectivity index (χ2n) is 12.0. The molecule has 240 valence electrons. The van der Waals surface area contributed by atoms with Crippen molar-refractivity contribution in [3.63, 3.8) is 0 Å². The van der Waals surface area contributed by atoms with Crippen LogP contribution in [0.3, 0.4) is 0 Å². The maximum Gasteiger partial charge on any atom is 0.261 e. The van der Waals surface area contributed by atoms with Gasteiger partial charge in [-0.05, 0) is 77.8 Å². The molecule has 6 rings (SSSR count). The highest BCUT2D eigenvalue weighted by Crippen LogP contribution is 2.35. The maximum atomic E-state index is 13.7. The van der Waals surface area contributed by atoms with Gasteiger partial charge in [-0.3, -0.25) is 9.59 Å². The Labute approximate surface area is 274 Å². The molecule has 0 amide bonds. The highest BCUT2D eigenvalue weighted by atomic mass is 16.5. The van der Waals surface area contributed by atoms with Crippen LogP contribution < -0.4 is 20.8 Å². The quantitative estimate of drug-likeness (QED) is 0.166. The summed E-state index contributed by atoms with van der Waals surface area (Å²) < 4.78 is 18.1. The number of nitrogens with zero attached hydrogens (tertiary/aromatic N) is 2. The lowest BCUT2D eigenvalue weighted by Gasteiger charge is -2.23. The van der Waals surface area contributed by atoms with Gasteiger partial charge in [0.2, 0.25) is 0 Å². The number of carbonyl (C=O) groups is 1. The highest BCUT2D eigenvalue weighted by molar-refractivity contribution is 5.98. The number of hydrogen-bond acceptors (Lipinski definition) is 7. The summed E-state index contributed by atoms with van der Waals surface area (Å²) in [6.45, 7) is 3.99. The fourth-order valence-corrected chi connectivity index (χ4v) is 6.05. The monoisotopic (exact) mass is 629 g/mol. The molecule has 0 bridgehead atoms. The first-order valence-corrected chi connectivity index (χ1v) is 15.8. The molecular weight excluding hydrogens is 590 g/mol. The third-order valence-electron chi connectivity index (χ3n) is 8.83. The number of aryl methyl sites for hydroxylation is 1. The molecule has 1 aliphatic heterocycles. The molecule has 0 atom stereocenters. The summed E-state index contributed by atoms with van der Waals surface area (Å²) in [6.07, 6.45) is 5.51. The van der Waals surface area contributed by atoms with Gasteiger partial charge in [-0.15, -0.1) is 0 Å². The zero-order valence-electron chi connectivity index (χ0n) is 27.0. The molecule has 8 heteroatoms. The fourth-order valence-electron chi connectivity index (χ4n) is 6.05. The first-order valence-electron chi connectivity index (χ1n) is 15.8. The Morgan fingerprint density at radius 2 is 1.53 bits per heavy atom. The topological polar surface area (TPSA) is 106 Å². The van der Waals surface area contributed by atoms with Crippen molar-refractivity contribution < 1.29 is 19.0 Å². The number of Topliss-reactive ketones (excluding diaryl/α,β-unsaturated/α-hetero) is 1. The van der Waals surface area contributed by atoms with E-state index in [1.54, 1.807) is 31.0 Å². The van der Waals surface area contributed by atoms with Gasteiger partial charge in [-0.1, -0.05) is 60.2 Å². The predicted octanol–water partition coefficient (Wildman–Crippen LogP) is 7.00. The molecule has 2 aromatic heterocycles. The van der Waals surface area contributed by atoms with Gasteiger partial charge in [0.1, 0.15) is 5.82 Å². The van der Waals surface area contributed by atoms with Crippen molar-refractivity contribution in [2.75, 3.05) is 33.2 Å². The Balaban J connectivity index is 1.26. The van der Waals surface area contributed by atoms with Crippen LogP contribution in [0.2, 0.25) is 0 Å². The number of nitrogen functional groups attached to an aromatic ring is 1. The van der Waals surface area contributed by atoms with E-state index in [0.717, 1.165) is 57.3 Å². The average Bonchev–Trinajstić information content (AvgIpc) is 3.10. The molecule has 1 aliphatic rings. The van der Waals surface area contributed by atoms with Crippen molar-refractivity contribution in [2.24, 2.45) is 5.92 Å². The van der Waals surface area contributed by atoms with Crippen molar-refractivity contribution in [3.8, 4) is 44.9 Å². The minimum Gasteiger partial charge on any atom is -0.493 e. The van der Waals surface area contributed by atoms with Crippen LogP contribution in [0.5, 0.6) is 11.5 Å². The SMILES string of the molecule is COc1ccc(-c2cnc(N)c(-c3ccc(CC(=O)c4cc(-c5ccc(C)cc5)cn(CC5CCOCC5)c4=O)cc3)c2)cc1OC. The molecule has 5 aromatic rings. The van der Waals surface area contributed by atoms with Crippen LogP contribution in [0.25, 0.3) is 33.4 Å². The van der Waals surface area contributed by atoms with Gasteiger partial charge in [0.15, 0.2) is 17.3 Å². The van der Waals surface area contributed by atoms with Crippen molar-refractivity contribution in [3.05, 3.63) is 118 Å². The molecule has 0 saturated carbocycles. The number of benzene rings is 3. The van der Waals surface area contributed by atoms with Gasteiger partial charge in [0.25, 0.3) is 5.56 Å². The van der Waals surface area contributed by atoms with E-state index < -0.39 is 0 Å². The van der Waals surface area contributed by atoms with E-state index in [-0.39, 0.29) is 23.3 Å². The molecular formula is C39H39N3O5. The summed E-state index contributed by atoms with van der Waals surface area (Å²) in [7, 11) is 3.20. The minimum absolute atomic E-state index is 0.101. The van der Waals surface area contributed by atoms with Gasteiger partial charge >= 0.3 is 0 Å². The van der Waals surface area contributed by atoms with Crippen molar-refractivity contribution >= 4 is 11.6 Å². The van der Waals surface area contributed by atoms with Gasteiger partial charge in [-0.25, -0.2) is 4.98 Å². The molecule has 1 fully saturated rings. The number of carbonyl (C=O) groups excluding carboxylic acids is 1. The molecule has 3 heterocycles. The molecule has 3 aromatic carbocycles. The van der Waals surface area contributed by atoms with Crippen LogP contribution in [0.15, 0.2) is 96.1 Å². The summed E-state index contributed by atoms with van der Waals surface area (Å²) in [4.78, 5) is 31.9. The smallest absolute Gasteiger partial charge is 0.261 e. The molecule has 0 unspecified atom stereocenters. The standard InChI is InChI=1S/C39H39N3O5/c1-25-4-8-28(9-5-25)32-20-34(39(44)42(24-32)23-27-14-16-47-17-15-27)35(43)18-26-6-10-29(11-7-26)33-19-31(22-41-38(33)40)30-12-13-36(45-2)37(21-30)46-3/h4-13,19-22,24,27H,14-18,23H2,1-3H3,(H2,40,41). The second kappa shape index (κ2) is 14.1. The lowest BCUT2D eigenvalue weighted by atomic mass is 9.96. The van der Waals surface area contributed by atoms with Crippen LogP contribution in [-0.2, 0) is 17.7 Å². The Bertz CT molecular complexity index is 1940. The summed E-state index contributed by atoms with van der Waals surface area (Å²) >= 11 is 0. The van der Waals surface area contributed by atoms with Gasteiger partial charge in [0.05, 0.1) is 19.8 Å². The van der Waals surface area contributed by atoms with E-state index in [9.17, 15) is 9.59 Å². The number of ketones is 1. The zero-order chi connectivity index (χ0) is 32.9. The Kier molecular flexibility index (Phi) is 9.50. The number of pyridine rings is 2. The van der Waals surface area contributed by atoms with Gasteiger partial charge in [0, 0.05) is 49.7 Å². The largest absolute Gasteiger partial charge is 0.493 e. The first-order chi connectivity index (χ1) is 22.8. The summed E-state index contributed by atoms with van der Waals surface area (Å²) in [5, 5.41) is 0. The lowest BCUT2D eigenvalue weighted by Crippen LogP contribution is -2.31. The molecule has 1 saturated heterocycles. The van der Waals surface area contributed by atoms with Gasteiger partial charge < -0.3 is 24.5 Å². The van der Waals surface area contributed by atoms with Crippen molar-refractivity contribution in [2.45, 2.75) is 32.7 Å². The van der Waals surface area contributed by atoms with E-state index in [0.29, 0.717) is 43.0 Å². The summed E-state index contributed by atoms with van der Waals surface area (Å²) in [5.41, 5.74) is 13.5. The average molecular weight is 630 g/mol. The number of anilines is 1. The van der Waals surface area contributed by atoms with E-state index in [2.05, 4.69) is 4.98 Å². The van der Waals surface area contributed by atoms with E-state index >= 15 is 0 Å². The number of methoxy groups -OCH3 is 2. The van der Waals surface area contributed by atoms with Crippen LogP contribution in [0, 0.1) is 12.8 Å². The molecule has 0 spiro atoms. The Hall–Kier alpha value is -5.21. The normalized spacial score (nSPS) is 13.3. The number of nitrogens with two attached hydrogens (primary N) is 1. The molecule has 0 radical (unpaired) electrons. The van der Waals surface area contributed by atoms with E-state index in [1.807, 2.05) is 85.9 Å². The van der Waals surface area contributed by atoms with Crippen molar-refractivity contribution in [1.82, 2.24) is 9.55 Å². The second-order valence-corrected chi connectivity index (χ2v) is 12.0.